The van der Waals surface area contributed by atoms with Gasteiger partial charge in [0.1, 0.15) is 11.2 Å². The zero-order chi connectivity index (χ0) is 22.4. The van der Waals surface area contributed by atoms with Gasteiger partial charge in [-0.2, -0.15) is 0 Å². The predicted octanol–water partition coefficient (Wildman–Crippen LogP) is 3.51. The maximum atomic E-state index is 11.9. The lowest BCUT2D eigenvalue weighted by molar-refractivity contribution is 0.0558. The second-order valence-electron chi connectivity index (χ2n) is 9.01. The van der Waals surface area contributed by atoms with Crippen LogP contribution in [0.3, 0.4) is 0 Å². The van der Waals surface area contributed by atoms with E-state index in [0.717, 1.165) is 71.2 Å². The Morgan fingerprint density at radius 3 is 2.64 bits per heavy atom. The fourth-order valence-corrected chi connectivity index (χ4v) is 5.09. The number of hydrogen-bond acceptors (Lipinski definition) is 6. The van der Waals surface area contributed by atoms with E-state index < -0.39 is 5.60 Å². The van der Waals surface area contributed by atoms with Gasteiger partial charge in [0.25, 0.3) is 0 Å². The van der Waals surface area contributed by atoms with Gasteiger partial charge in [-0.1, -0.05) is 29.8 Å². The number of morpholine rings is 1. The molecule has 0 bridgehead atoms. The standard InChI is InChI=1S/C26H27N5O2/c1-18-4-2-5-21(14-18)26(32)9-3-6-22-24(26)31-17-19(7-8-23(31)29-22)20-15-27-25(28-16-20)30-10-12-33-13-11-30/h2,4-5,7-8,14-17,32H,3,6,9-13H2,1H3. The molecule has 1 unspecified atom stereocenters. The third-order valence-corrected chi connectivity index (χ3v) is 6.80. The van der Waals surface area contributed by atoms with Gasteiger partial charge in [0.2, 0.25) is 5.95 Å². The molecule has 4 aromatic rings. The SMILES string of the molecule is Cc1cccc(C2(O)CCCc3nc4ccc(-c5cnc(N6CCOCC6)nc5)cn4c32)c1. The van der Waals surface area contributed by atoms with Crippen molar-refractivity contribution in [2.24, 2.45) is 0 Å². The molecule has 33 heavy (non-hydrogen) atoms. The first-order valence-electron chi connectivity index (χ1n) is 11.6. The summed E-state index contributed by atoms with van der Waals surface area (Å²) >= 11 is 0. The van der Waals surface area contributed by atoms with E-state index in [1.54, 1.807) is 0 Å². The van der Waals surface area contributed by atoms with Gasteiger partial charge >= 0.3 is 0 Å². The number of anilines is 1. The van der Waals surface area contributed by atoms with Crippen LogP contribution in [0.25, 0.3) is 16.8 Å². The minimum atomic E-state index is -1.06. The summed E-state index contributed by atoms with van der Waals surface area (Å²) in [5.41, 5.74) is 5.63. The molecule has 1 saturated heterocycles. The Balaban J connectivity index is 1.42. The Morgan fingerprint density at radius 1 is 1.03 bits per heavy atom. The van der Waals surface area contributed by atoms with Gasteiger partial charge in [-0.25, -0.2) is 15.0 Å². The van der Waals surface area contributed by atoms with Crippen LogP contribution in [0.4, 0.5) is 5.95 Å². The summed E-state index contributed by atoms with van der Waals surface area (Å²) in [5.74, 6) is 0.733. The Morgan fingerprint density at radius 2 is 1.85 bits per heavy atom. The van der Waals surface area contributed by atoms with Crippen LogP contribution in [0, 0.1) is 6.92 Å². The molecule has 0 spiro atoms. The fourth-order valence-electron chi connectivity index (χ4n) is 5.09. The Hall–Kier alpha value is -3.29. The molecule has 2 aliphatic rings. The molecule has 7 nitrogen and oxygen atoms in total. The molecule has 1 aromatic carbocycles. The van der Waals surface area contributed by atoms with E-state index in [1.165, 1.54) is 0 Å². The van der Waals surface area contributed by atoms with E-state index >= 15 is 0 Å². The summed E-state index contributed by atoms with van der Waals surface area (Å²) in [6.07, 6.45) is 8.26. The topological polar surface area (TPSA) is 75.8 Å². The summed E-state index contributed by atoms with van der Waals surface area (Å²) in [5, 5.41) is 11.9. The number of hydrogen-bond donors (Lipinski definition) is 1. The maximum Gasteiger partial charge on any atom is 0.225 e. The first-order chi connectivity index (χ1) is 16.1. The van der Waals surface area contributed by atoms with Crippen LogP contribution in [0.5, 0.6) is 0 Å². The van der Waals surface area contributed by atoms with Crippen molar-refractivity contribution in [2.75, 3.05) is 31.2 Å². The molecular weight excluding hydrogens is 414 g/mol. The first-order valence-corrected chi connectivity index (χ1v) is 11.6. The van der Waals surface area contributed by atoms with Crippen molar-refractivity contribution in [3.63, 3.8) is 0 Å². The summed E-state index contributed by atoms with van der Waals surface area (Å²) in [6, 6.07) is 12.2. The molecule has 0 amide bonds. The molecule has 0 saturated carbocycles. The number of benzene rings is 1. The van der Waals surface area contributed by atoms with Crippen LogP contribution < -0.4 is 4.90 Å². The van der Waals surface area contributed by atoms with Gasteiger partial charge in [-0.05, 0) is 43.9 Å². The van der Waals surface area contributed by atoms with Crippen molar-refractivity contribution in [1.29, 1.82) is 0 Å². The van der Waals surface area contributed by atoms with Crippen LogP contribution in [0.1, 0.15) is 35.4 Å². The third-order valence-electron chi connectivity index (χ3n) is 6.80. The number of aryl methyl sites for hydroxylation is 2. The molecule has 1 fully saturated rings. The van der Waals surface area contributed by atoms with Gasteiger partial charge in [0.15, 0.2) is 0 Å². The van der Waals surface area contributed by atoms with Crippen molar-refractivity contribution in [3.8, 4) is 11.1 Å². The van der Waals surface area contributed by atoms with Gasteiger partial charge in [-0.3, -0.25) is 4.40 Å². The zero-order valence-electron chi connectivity index (χ0n) is 18.7. The lowest BCUT2D eigenvalue weighted by Gasteiger charge is -2.33. The van der Waals surface area contributed by atoms with Crippen LogP contribution in [-0.4, -0.2) is 50.8 Å². The number of rotatable bonds is 3. The molecule has 4 heterocycles. The summed E-state index contributed by atoms with van der Waals surface area (Å²) in [4.78, 5) is 16.2. The number of aliphatic hydroxyl groups is 1. The van der Waals surface area contributed by atoms with Crippen LogP contribution in [0.15, 0.2) is 55.0 Å². The number of pyridine rings is 1. The van der Waals surface area contributed by atoms with Gasteiger partial charge in [-0.15, -0.1) is 0 Å². The predicted molar refractivity (Wildman–Crippen MR) is 126 cm³/mol. The molecule has 168 valence electrons. The third kappa shape index (κ3) is 3.48. The molecule has 1 aliphatic carbocycles. The summed E-state index contributed by atoms with van der Waals surface area (Å²) in [7, 11) is 0. The van der Waals surface area contributed by atoms with Crippen LogP contribution >= 0.6 is 0 Å². The van der Waals surface area contributed by atoms with Crippen molar-refractivity contribution >= 4 is 11.6 Å². The van der Waals surface area contributed by atoms with Crippen molar-refractivity contribution in [3.05, 3.63) is 77.5 Å². The quantitative estimate of drug-likeness (QED) is 0.524. The highest BCUT2D eigenvalue weighted by molar-refractivity contribution is 5.64. The van der Waals surface area contributed by atoms with Crippen LogP contribution in [-0.2, 0) is 16.8 Å². The number of ether oxygens (including phenoxy) is 1. The normalized spacial score (nSPS) is 20.7. The second-order valence-corrected chi connectivity index (χ2v) is 9.01. The number of aromatic nitrogens is 4. The molecule has 6 rings (SSSR count). The average Bonchev–Trinajstić information content (AvgIpc) is 3.24. The minimum Gasteiger partial charge on any atom is -0.379 e. The largest absolute Gasteiger partial charge is 0.379 e. The minimum absolute atomic E-state index is 0.679. The van der Waals surface area contributed by atoms with E-state index in [9.17, 15) is 5.11 Å². The summed E-state index contributed by atoms with van der Waals surface area (Å²) in [6.45, 7) is 5.09. The summed E-state index contributed by atoms with van der Waals surface area (Å²) < 4.78 is 7.48. The van der Waals surface area contributed by atoms with Crippen molar-refractivity contribution in [1.82, 2.24) is 19.4 Å². The van der Waals surface area contributed by atoms with E-state index in [-0.39, 0.29) is 0 Å². The van der Waals surface area contributed by atoms with Gasteiger partial charge < -0.3 is 14.7 Å². The number of imidazole rings is 1. The van der Waals surface area contributed by atoms with Crippen LogP contribution in [0.2, 0.25) is 0 Å². The highest BCUT2D eigenvalue weighted by atomic mass is 16.5. The Bertz CT molecular complexity index is 1310. The smallest absolute Gasteiger partial charge is 0.225 e. The second kappa shape index (κ2) is 7.93. The maximum absolute atomic E-state index is 11.9. The van der Waals surface area contributed by atoms with Crippen molar-refractivity contribution in [2.45, 2.75) is 31.8 Å². The Labute approximate surface area is 192 Å². The van der Waals surface area contributed by atoms with Gasteiger partial charge in [0, 0.05) is 42.8 Å². The monoisotopic (exact) mass is 441 g/mol. The molecule has 7 heteroatoms. The van der Waals surface area contributed by atoms with E-state index in [0.29, 0.717) is 19.6 Å². The van der Waals surface area contributed by atoms with Gasteiger partial charge in [0.05, 0.1) is 24.6 Å². The van der Waals surface area contributed by atoms with E-state index in [2.05, 4.69) is 44.5 Å². The highest BCUT2D eigenvalue weighted by Gasteiger charge is 2.40. The highest BCUT2D eigenvalue weighted by Crippen LogP contribution is 2.41. The number of nitrogens with zero attached hydrogens (tertiary/aromatic N) is 5. The number of fused-ring (bicyclic) bond motifs is 3. The Kier molecular flexibility index (Phi) is 4.89. The van der Waals surface area contributed by atoms with E-state index in [4.69, 9.17) is 9.72 Å². The fraction of sp³-hybridized carbons (Fsp3) is 0.346. The molecule has 1 atom stereocenters. The molecule has 1 aliphatic heterocycles. The lowest BCUT2D eigenvalue weighted by atomic mass is 9.79. The molecule has 0 radical (unpaired) electrons. The molecule has 1 N–H and O–H groups in total. The first kappa shape index (κ1) is 20.3. The van der Waals surface area contributed by atoms with Crippen molar-refractivity contribution < 1.29 is 9.84 Å². The lowest BCUT2D eigenvalue weighted by Crippen LogP contribution is -2.37. The molecular formula is C26H27N5O2. The average molecular weight is 442 g/mol. The molecule has 3 aromatic heterocycles. The van der Waals surface area contributed by atoms with E-state index in [1.807, 2.05) is 36.7 Å². The zero-order valence-corrected chi connectivity index (χ0v) is 18.7.